The van der Waals surface area contributed by atoms with Crippen LogP contribution in [0.25, 0.3) is 0 Å². The fourth-order valence-electron chi connectivity index (χ4n) is 2.01. The van der Waals surface area contributed by atoms with E-state index in [4.69, 9.17) is 0 Å². The molecule has 1 aliphatic carbocycles. The predicted octanol–water partition coefficient (Wildman–Crippen LogP) is -3.89. The number of hydrogen-bond acceptors (Lipinski definition) is 1. The van der Waals surface area contributed by atoms with Crippen LogP contribution >= 0.6 is 0 Å². The van der Waals surface area contributed by atoms with Crippen LogP contribution in [0.3, 0.4) is 0 Å². The molecule has 0 aromatic carbocycles. The van der Waals surface area contributed by atoms with E-state index in [2.05, 4.69) is 33.0 Å². The van der Waals surface area contributed by atoms with Crippen molar-refractivity contribution in [2.24, 2.45) is 5.92 Å². The smallest absolute Gasteiger partial charge is 1.00 e. The van der Waals surface area contributed by atoms with Crippen molar-refractivity contribution in [1.82, 2.24) is 5.32 Å². The maximum Gasteiger partial charge on any atom is -1.00 e. The summed E-state index contributed by atoms with van der Waals surface area (Å²) in [7, 11) is 0. The largest absolute Gasteiger partial charge is 1.00 e. The van der Waals surface area contributed by atoms with Gasteiger partial charge in [0, 0.05) is 0 Å². The molecule has 1 amide bonds. The Hall–Kier alpha value is 0.283. The topological polar surface area (TPSA) is 29.1 Å². The Labute approximate surface area is 130 Å². The molecule has 0 aliphatic heterocycles. The van der Waals surface area contributed by atoms with Gasteiger partial charge in [0.1, 0.15) is 0 Å². The molecule has 0 fully saturated rings. The minimum atomic E-state index is 0. The van der Waals surface area contributed by atoms with Gasteiger partial charge in [-0.2, -0.15) is 0 Å². The number of allylic oxidation sites excluding steroid dienone is 3. The van der Waals surface area contributed by atoms with Gasteiger partial charge in [-0.25, -0.2) is 0 Å². The van der Waals surface area contributed by atoms with Gasteiger partial charge in [-0.15, -0.1) is 0 Å². The van der Waals surface area contributed by atoms with Crippen molar-refractivity contribution in [3.05, 3.63) is 22.3 Å². The Balaban J connectivity index is 0. The van der Waals surface area contributed by atoms with Gasteiger partial charge < -0.3 is 24.8 Å². The number of carbonyl (C=O) groups is 1. The fourth-order valence-corrected chi connectivity index (χ4v) is 3.44. The summed E-state index contributed by atoms with van der Waals surface area (Å²) in [4.78, 5) is 11.0. The SMILES string of the molecule is CC(=O)N[C](=[Zr+2])C1=C(C)C(C)=C(C)C1C.[Cl-].[Cl-]. The molecule has 0 bridgehead atoms. The molecule has 1 rings (SSSR count). The monoisotopic (exact) mass is 351 g/mol. The van der Waals surface area contributed by atoms with Gasteiger partial charge in [-0.1, -0.05) is 0 Å². The van der Waals surface area contributed by atoms with Crippen molar-refractivity contribution in [3.63, 3.8) is 0 Å². The summed E-state index contributed by atoms with van der Waals surface area (Å²) in [6.45, 7) is 10.2. The van der Waals surface area contributed by atoms with E-state index in [9.17, 15) is 4.79 Å². The number of amides is 1. The summed E-state index contributed by atoms with van der Waals surface area (Å²) < 4.78 is 1.08. The molecule has 0 saturated carbocycles. The number of rotatable bonds is 2. The molecular formula is C12H17Cl2NOZr. The van der Waals surface area contributed by atoms with Crippen LogP contribution in [0, 0.1) is 5.92 Å². The van der Waals surface area contributed by atoms with Gasteiger partial charge in [0.05, 0.1) is 0 Å². The molecule has 5 heteroatoms. The minimum absolute atomic E-state index is 0. The van der Waals surface area contributed by atoms with E-state index in [0.717, 1.165) is 3.33 Å². The normalized spacial score (nSPS) is 18.6. The van der Waals surface area contributed by atoms with Crippen LogP contribution in [0.15, 0.2) is 22.3 Å². The summed E-state index contributed by atoms with van der Waals surface area (Å²) in [5.74, 6) is 0.475. The fraction of sp³-hybridized carbons (Fsp3) is 0.500. The Morgan fingerprint density at radius 1 is 1.18 bits per heavy atom. The molecule has 0 aromatic rings. The van der Waals surface area contributed by atoms with Gasteiger partial charge >= 0.3 is 106 Å². The van der Waals surface area contributed by atoms with E-state index in [1.54, 1.807) is 6.92 Å². The number of halogens is 2. The first kappa shape index (κ1) is 19.6. The summed E-state index contributed by atoms with van der Waals surface area (Å²) in [6, 6.07) is 0. The molecule has 1 atom stereocenters. The van der Waals surface area contributed by atoms with Crippen LogP contribution in [-0.2, 0) is 29.0 Å². The second-order valence-corrected chi connectivity index (χ2v) is 5.35. The first-order chi connectivity index (χ1) is 6.86. The van der Waals surface area contributed by atoms with Crippen LogP contribution in [0.5, 0.6) is 0 Å². The Kier molecular flexibility index (Phi) is 8.84. The molecule has 0 heterocycles. The van der Waals surface area contributed by atoms with Crippen molar-refractivity contribution < 1.29 is 53.8 Å². The first-order valence-corrected chi connectivity index (χ1v) is 6.34. The maximum atomic E-state index is 11.0. The zero-order valence-corrected chi connectivity index (χ0v) is 14.7. The van der Waals surface area contributed by atoms with E-state index >= 15 is 0 Å². The van der Waals surface area contributed by atoms with Gasteiger partial charge in [-0.3, -0.25) is 0 Å². The van der Waals surface area contributed by atoms with Crippen molar-refractivity contribution in [2.45, 2.75) is 34.6 Å². The van der Waals surface area contributed by atoms with E-state index < -0.39 is 0 Å². The molecule has 0 saturated heterocycles. The Morgan fingerprint density at radius 2 is 1.65 bits per heavy atom. The minimum Gasteiger partial charge on any atom is -1.00 e. The number of hydrogen-bond donors (Lipinski definition) is 1. The predicted molar refractivity (Wildman–Crippen MR) is 59.1 cm³/mol. The summed E-state index contributed by atoms with van der Waals surface area (Å²) in [6.07, 6.45) is 0. The number of nitrogens with one attached hydrogen (secondary N) is 1. The second-order valence-electron chi connectivity index (χ2n) is 4.12. The molecule has 0 aromatic heterocycles. The second kappa shape index (κ2) is 7.66. The van der Waals surface area contributed by atoms with E-state index in [0.29, 0.717) is 5.92 Å². The standard InChI is InChI=1S/C12H17NO.2ClH.Zr/c1-7-8(2)10(4)12(9(7)3)6-13-11(5)14;;;/h9H,1-5H3,(H,13,14);2*1H;/q;;;+2/p-2. The molecular weight excluding hydrogens is 336 g/mol. The molecule has 0 spiro atoms. The van der Waals surface area contributed by atoms with Crippen molar-refractivity contribution in [2.75, 3.05) is 0 Å². The third-order valence-electron chi connectivity index (χ3n) is 3.21. The maximum absolute atomic E-state index is 11.0. The summed E-state index contributed by atoms with van der Waals surface area (Å²) in [5, 5.41) is 2.92. The molecule has 1 aliphatic rings. The van der Waals surface area contributed by atoms with Crippen molar-refractivity contribution >= 4 is 9.24 Å². The zero-order chi connectivity index (χ0) is 11.7. The van der Waals surface area contributed by atoms with Gasteiger partial charge in [0.2, 0.25) is 0 Å². The van der Waals surface area contributed by atoms with E-state index in [1.807, 2.05) is 0 Å². The molecule has 94 valence electrons. The quantitative estimate of drug-likeness (QED) is 0.541. The van der Waals surface area contributed by atoms with E-state index in [-0.39, 0.29) is 30.7 Å². The average Bonchev–Trinajstić information content (AvgIpc) is 2.30. The van der Waals surface area contributed by atoms with Crippen LogP contribution in [0.1, 0.15) is 34.6 Å². The number of carbonyl (C=O) groups excluding carboxylic acids is 1. The summed E-state index contributed by atoms with van der Waals surface area (Å²) >= 11 is 1.27. The molecule has 0 radical (unpaired) electrons. The Morgan fingerprint density at radius 3 is 1.94 bits per heavy atom. The van der Waals surface area contributed by atoms with Gasteiger partial charge in [0.25, 0.3) is 0 Å². The molecule has 1 unspecified atom stereocenters. The summed E-state index contributed by atoms with van der Waals surface area (Å²) in [5.41, 5.74) is 5.45. The third kappa shape index (κ3) is 4.15. The molecule has 17 heavy (non-hydrogen) atoms. The first-order valence-electron chi connectivity index (χ1n) is 5.11. The van der Waals surface area contributed by atoms with Crippen LogP contribution < -0.4 is 30.1 Å². The van der Waals surface area contributed by atoms with Crippen molar-refractivity contribution in [1.29, 1.82) is 0 Å². The van der Waals surface area contributed by atoms with Crippen LogP contribution in [-0.4, -0.2) is 9.24 Å². The zero-order valence-electron chi connectivity index (χ0n) is 10.7. The Bertz CT molecular complexity index is 399. The van der Waals surface area contributed by atoms with Gasteiger partial charge in [-0.05, 0) is 0 Å². The average molecular weight is 353 g/mol. The van der Waals surface area contributed by atoms with Crippen molar-refractivity contribution in [3.8, 4) is 0 Å². The van der Waals surface area contributed by atoms with Gasteiger partial charge in [0.15, 0.2) is 0 Å². The van der Waals surface area contributed by atoms with Crippen LogP contribution in [0.2, 0.25) is 0 Å². The molecule has 1 N–H and O–H groups in total. The van der Waals surface area contributed by atoms with E-state index in [1.165, 1.54) is 46.5 Å². The third-order valence-corrected chi connectivity index (χ3v) is 4.18. The molecule has 2 nitrogen and oxygen atoms in total. The van der Waals surface area contributed by atoms with Crippen LogP contribution in [0.4, 0.5) is 0 Å².